The lowest BCUT2D eigenvalue weighted by Gasteiger charge is -2.36. The molecule has 40 heavy (non-hydrogen) atoms. The third-order valence-electron chi connectivity index (χ3n) is 7.84. The fraction of sp³-hybridized carbons (Fsp3) is 0.414. The molecule has 1 aromatic carbocycles. The molecule has 2 fully saturated rings. The number of ether oxygens (including phenoxy) is 1. The van der Waals surface area contributed by atoms with Crippen molar-refractivity contribution in [3.63, 3.8) is 0 Å². The Morgan fingerprint density at radius 1 is 1.25 bits per heavy atom. The monoisotopic (exact) mass is 558 g/mol. The Balaban J connectivity index is 1.19. The number of carbonyl (C=O) groups excluding carboxylic acids is 3. The van der Waals surface area contributed by atoms with Crippen molar-refractivity contribution in [2.24, 2.45) is 5.92 Å². The quantitative estimate of drug-likeness (QED) is 0.408. The molecule has 206 valence electrons. The zero-order valence-corrected chi connectivity index (χ0v) is 23.2. The van der Waals surface area contributed by atoms with Gasteiger partial charge in [0.1, 0.15) is 27.7 Å². The van der Waals surface area contributed by atoms with Crippen LogP contribution >= 0.6 is 11.8 Å². The number of nitrogens with zero attached hydrogens (tertiary/aromatic N) is 4. The number of allylic oxidation sites excluding steroid dienone is 1. The molecule has 4 heterocycles. The summed E-state index contributed by atoms with van der Waals surface area (Å²) in [6, 6.07) is 8.32. The van der Waals surface area contributed by atoms with Crippen molar-refractivity contribution in [3.05, 3.63) is 53.2 Å². The van der Waals surface area contributed by atoms with Crippen LogP contribution in [0.4, 0.5) is 16.2 Å². The summed E-state index contributed by atoms with van der Waals surface area (Å²) in [5.41, 5.74) is 3.32. The second-order valence-corrected chi connectivity index (χ2v) is 11.8. The Bertz CT molecular complexity index is 1460. The zero-order chi connectivity index (χ0) is 28.0. The number of piperidine rings is 1. The van der Waals surface area contributed by atoms with Crippen LogP contribution in [0, 0.1) is 24.2 Å². The van der Waals surface area contributed by atoms with Gasteiger partial charge in [0.15, 0.2) is 0 Å². The first-order valence-corrected chi connectivity index (χ1v) is 14.4. The molecule has 4 amide bonds. The van der Waals surface area contributed by atoms with Gasteiger partial charge >= 0.3 is 6.03 Å². The highest BCUT2D eigenvalue weighted by Gasteiger charge is 2.47. The summed E-state index contributed by atoms with van der Waals surface area (Å²) in [6.45, 7) is 2.83. The maximum atomic E-state index is 13.6. The number of methoxy groups -OCH3 is 1. The molecule has 3 atom stereocenters. The van der Waals surface area contributed by atoms with Crippen LogP contribution in [0.3, 0.4) is 0 Å². The van der Waals surface area contributed by atoms with E-state index in [1.54, 1.807) is 29.2 Å². The van der Waals surface area contributed by atoms with Crippen molar-refractivity contribution in [2.75, 3.05) is 25.1 Å². The Morgan fingerprint density at radius 2 is 2.08 bits per heavy atom. The first kappa shape index (κ1) is 26.2. The van der Waals surface area contributed by atoms with Crippen molar-refractivity contribution >= 4 is 41.0 Å². The molecule has 3 aliphatic heterocycles. The van der Waals surface area contributed by atoms with Gasteiger partial charge in [-0.25, -0.2) is 9.78 Å². The van der Waals surface area contributed by atoms with E-state index in [4.69, 9.17) is 4.74 Å². The van der Waals surface area contributed by atoms with E-state index in [9.17, 15) is 19.6 Å². The predicted molar refractivity (Wildman–Crippen MR) is 149 cm³/mol. The van der Waals surface area contributed by atoms with Gasteiger partial charge in [-0.1, -0.05) is 17.8 Å². The van der Waals surface area contributed by atoms with Gasteiger partial charge in [0.05, 0.1) is 24.5 Å². The normalized spacial score (nSPS) is 23.7. The van der Waals surface area contributed by atoms with Crippen molar-refractivity contribution in [1.29, 1.82) is 5.26 Å². The average molecular weight is 559 g/mol. The molecule has 10 nitrogen and oxygen atoms in total. The van der Waals surface area contributed by atoms with Crippen LogP contribution in [0.15, 0.2) is 47.1 Å². The van der Waals surface area contributed by atoms with Gasteiger partial charge in [-0.05, 0) is 68.4 Å². The predicted octanol–water partition coefficient (Wildman–Crippen LogP) is 3.74. The molecule has 6 rings (SSSR count). The topological polar surface area (TPSA) is 128 Å². The highest BCUT2D eigenvalue weighted by molar-refractivity contribution is 8.01. The maximum absolute atomic E-state index is 13.6. The van der Waals surface area contributed by atoms with E-state index in [1.165, 1.54) is 11.8 Å². The number of amides is 4. The minimum absolute atomic E-state index is 0.191. The number of aromatic nitrogens is 1. The molecule has 0 spiro atoms. The number of benzene rings is 1. The molecular weight excluding hydrogens is 528 g/mol. The molecule has 11 heteroatoms. The summed E-state index contributed by atoms with van der Waals surface area (Å²) in [5, 5.41) is 15.8. The van der Waals surface area contributed by atoms with E-state index in [0.29, 0.717) is 35.5 Å². The minimum Gasteiger partial charge on any atom is -0.497 e. The molecule has 0 radical (unpaired) electrons. The number of nitriles is 1. The summed E-state index contributed by atoms with van der Waals surface area (Å²) >= 11 is 1.34. The standard InChI is InChI=1S/C29H30N6O4S/c1-16-12-20(39-2)7-8-21(16)35-22-9-10-31-27-23(22)24(33-29(35)38)25(40-27)26(36)32-19-4-3-11-34(15-19)28(37)18(14-30)13-17-5-6-17/h7-10,12-13,17,19,24-25H,3-6,11,15H2,1-2H3,(H,32,36)(H,33,38)/b18-13+/t19?,24?,25-/m1/s1. The van der Waals surface area contributed by atoms with Gasteiger partial charge in [-0.2, -0.15) is 5.26 Å². The molecule has 1 aliphatic carbocycles. The molecule has 1 aromatic heterocycles. The lowest BCUT2D eigenvalue weighted by atomic mass is 9.98. The van der Waals surface area contributed by atoms with Gasteiger partial charge in [0, 0.05) is 30.9 Å². The Kier molecular flexibility index (Phi) is 6.88. The number of carbonyl (C=O) groups is 3. The van der Waals surface area contributed by atoms with E-state index in [1.807, 2.05) is 31.2 Å². The van der Waals surface area contributed by atoms with E-state index in [-0.39, 0.29) is 29.5 Å². The fourth-order valence-corrected chi connectivity index (χ4v) is 6.89. The van der Waals surface area contributed by atoms with Gasteiger partial charge in [0.25, 0.3) is 5.91 Å². The van der Waals surface area contributed by atoms with Crippen LogP contribution in [-0.4, -0.2) is 59.2 Å². The zero-order valence-electron chi connectivity index (χ0n) is 22.3. The van der Waals surface area contributed by atoms with Gasteiger partial charge in [-0.15, -0.1) is 0 Å². The number of hydrogen-bond acceptors (Lipinski definition) is 7. The number of pyridine rings is 1. The number of anilines is 2. The molecular formula is C29H30N6O4S. The summed E-state index contributed by atoms with van der Waals surface area (Å²) in [4.78, 5) is 47.8. The maximum Gasteiger partial charge on any atom is 0.327 e. The first-order chi connectivity index (χ1) is 19.4. The number of rotatable bonds is 6. The highest BCUT2D eigenvalue weighted by Crippen LogP contribution is 2.51. The highest BCUT2D eigenvalue weighted by atomic mass is 32.2. The summed E-state index contributed by atoms with van der Waals surface area (Å²) in [7, 11) is 1.60. The SMILES string of the molecule is COc1ccc(N2C(=O)NC3c4c2ccnc4S[C@H]3C(=O)NC2CCCN(C(=O)/C(C#N)=C/C3CC3)C2)c(C)c1. The molecule has 1 saturated carbocycles. The second-order valence-electron chi connectivity index (χ2n) is 10.6. The Labute approximate surface area is 236 Å². The number of urea groups is 1. The van der Waals surface area contributed by atoms with E-state index in [2.05, 4.69) is 21.7 Å². The lowest BCUT2D eigenvalue weighted by Crippen LogP contribution is -2.54. The molecule has 1 saturated heterocycles. The molecule has 2 unspecified atom stereocenters. The number of hydrogen-bond donors (Lipinski definition) is 2. The van der Waals surface area contributed by atoms with E-state index >= 15 is 0 Å². The molecule has 4 aliphatic rings. The van der Waals surface area contributed by atoms with Crippen molar-refractivity contribution in [2.45, 2.75) is 55.0 Å². The van der Waals surface area contributed by atoms with Gasteiger partial charge in [0.2, 0.25) is 5.91 Å². The molecule has 2 N–H and O–H groups in total. The van der Waals surface area contributed by atoms with Crippen LogP contribution < -0.4 is 20.3 Å². The molecule has 0 bridgehead atoms. The molecule has 2 aromatic rings. The van der Waals surface area contributed by atoms with Crippen molar-refractivity contribution in [1.82, 2.24) is 20.5 Å². The third-order valence-corrected chi connectivity index (χ3v) is 9.13. The van der Waals surface area contributed by atoms with Crippen LogP contribution in [-0.2, 0) is 9.59 Å². The number of thioether (sulfide) groups is 1. The van der Waals surface area contributed by atoms with Gasteiger partial charge in [-0.3, -0.25) is 14.5 Å². The Hall–Kier alpha value is -4.04. The van der Waals surface area contributed by atoms with E-state index < -0.39 is 11.3 Å². The fourth-order valence-electron chi connectivity index (χ4n) is 5.66. The average Bonchev–Trinajstić information content (AvgIpc) is 3.71. The summed E-state index contributed by atoms with van der Waals surface area (Å²) < 4.78 is 5.32. The number of likely N-dealkylation sites (tertiary alicyclic amines) is 1. The summed E-state index contributed by atoms with van der Waals surface area (Å²) in [6.07, 6.45) is 6.95. The van der Waals surface area contributed by atoms with Gasteiger partial charge < -0.3 is 20.3 Å². The van der Waals surface area contributed by atoms with Crippen molar-refractivity contribution < 1.29 is 19.1 Å². The lowest BCUT2D eigenvalue weighted by molar-refractivity contribution is -0.129. The number of aryl methyl sites for hydroxylation is 1. The van der Waals surface area contributed by atoms with Crippen molar-refractivity contribution in [3.8, 4) is 11.8 Å². The second kappa shape index (κ2) is 10.5. The smallest absolute Gasteiger partial charge is 0.327 e. The summed E-state index contributed by atoms with van der Waals surface area (Å²) in [5.74, 6) is 0.559. The van der Waals surface area contributed by atoms with Crippen LogP contribution in [0.25, 0.3) is 0 Å². The largest absolute Gasteiger partial charge is 0.497 e. The third kappa shape index (κ3) is 4.77. The van der Waals surface area contributed by atoms with Crippen LogP contribution in [0.5, 0.6) is 5.75 Å². The van der Waals surface area contributed by atoms with E-state index in [0.717, 1.165) is 42.5 Å². The Morgan fingerprint density at radius 3 is 2.80 bits per heavy atom. The number of nitrogens with one attached hydrogen (secondary N) is 2. The first-order valence-electron chi connectivity index (χ1n) is 13.5. The minimum atomic E-state index is -0.595. The van der Waals surface area contributed by atoms with Crippen LogP contribution in [0.1, 0.15) is 42.9 Å². The van der Waals surface area contributed by atoms with Crippen LogP contribution in [0.2, 0.25) is 0 Å².